The third kappa shape index (κ3) is 4.07. The second kappa shape index (κ2) is 8.38. The predicted octanol–water partition coefficient (Wildman–Crippen LogP) is 1.22. The number of methoxy groups -OCH3 is 3. The average molecular weight is 323 g/mol. The summed E-state index contributed by atoms with van der Waals surface area (Å²) in [4.78, 5) is 4.87. The minimum Gasteiger partial charge on any atom is -0.493 e. The van der Waals surface area contributed by atoms with Crippen LogP contribution in [-0.4, -0.2) is 77.9 Å². The van der Waals surface area contributed by atoms with Crippen LogP contribution < -0.4 is 19.5 Å². The summed E-state index contributed by atoms with van der Waals surface area (Å²) in [5, 5.41) is 3.31. The molecule has 1 unspecified atom stereocenters. The maximum Gasteiger partial charge on any atom is 0.203 e. The van der Waals surface area contributed by atoms with Crippen molar-refractivity contribution in [3.05, 3.63) is 17.7 Å². The van der Waals surface area contributed by atoms with Crippen molar-refractivity contribution in [1.82, 2.24) is 15.1 Å². The van der Waals surface area contributed by atoms with Crippen molar-refractivity contribution < 1.29 is 14.2 Å². The van der Waals surface area contributed by atoms with Crippen molar-refractivity contribution in [1.29, 1.82) is 0 Å². The van der Waals surface area contributed by atoms with Gasteiger partial charge in [-0.25, -0.2) is 0 Å². The minimum atomic E-state index is 0.280. The van der Waals surface area contributed by atoms with Gasteiger partial charge >= 0.3 is 0 Å². The molecule has 1 aromatic rings. The molecule has 0 saturated carbocycles. The van der Waals surface area contributed by atoms with E-state index in [4.69, 9.17) is 14.2 Å². The minimum absolute atomic E-state index is 0.280. The Hall–Kier alpha value is -1.50. The number of nitrogens with zero attached hydrogens (tertiary/aromatic N) is 2. The van der Waals surface area contributed by atoms with Crippen LogP contribution in [0.3, 0.4) is 0 Å². The summed E-state index contributed by atoms with van der Waals surface area (Å²) in [5.41, 5.74) is 1.18. The highest BCUT2D eigenvalue weighted by Gasteiger charge is 2.25. The van der Waals surface area contributed by atoms with Crippen molar-refractivity contribution in [3.8, 4) is 17.2 Å². The highest BCUT2D eigenvalue weighted by Crippen LogP contribution is 2.40. The Morgan fingerprint density at radius 3 is 2.00 bits per heavy atom. The number of hydrogen-bond donors (Lipinski definition) is 1. The second-order valence-corrected chi connectivity index (χ2v) is 5.87. The molecule has 1 atom stereocenters. The first-order valence-electron chi connectivity index (χ1n) is 8.01. The largest absolute Gasteiger partial charge is 0.493 e. The van der Waals surface area contributed by atoms with E-state index in [9.17, 15) is 0 Å². The number of rotatable bonds is 7. The van der Waals surface area contributed by atoms with Gasteiger partial charge in [-0.1, -0.05) is 0 Å². The predicted molar refractivity (Wildman–Crippen MR) is 91.8 cm³/mol. The van der Waals surface area contributed by atoms with E-state index in [-0.39, 0.29) is 6.04 Å². The van der Waals surface area contributed by atoms with Crippen LogP contribution in [-0.2, 0) is 0 Å². The van der Waals surface area contributed by atoms with Crippen LogP contribution in [0.4, 0.5) is 0 Å². The molecule has 2 rings (SSSR count). The number of piperazine rings is 1. The molecule has 1 heterocycles. The second-order valence-electron chi connectivity index (χ2n) is 5.87. The normalized spacial score (nSPS) is 17.8. The molecule has 0 amide bonds. The van der Waals surface area contributed by atoms with E-state index in [1.165, 1.54) is 5.56 Å². The van der Waals surface area contributed by atoms with Crippen LogP contribution in [0.15, 0.2) is 12.1 Å². The molecule has 1 aliphatic rings. The highest BCUT2D eigenvalue weighted by atomic mass is 16.5. The number of likely N-dealkylation sites (N-methyl/N-ethyl adjacent to an activating group) is 2. The molecule has 0 aliphatic carbocycles. The van der Waals surface area contributed by atoms with Crippen molar-refractivity contribution in [2.45, 2.75) is 6.04 Å². The van der Waals surface area contributed by atoms with E-state index in [1.54, 1.807) is 21.3 Å². The fourth-order valence-corrected chi connectivity index (χ4v) is 3.08. The van der Waals surface area contributed by atoms with E-state index in [1.807, 2.05) is 7.05 Å². The topological polar surface area (TPSA) is 46.2 Å². The van der Waals surface area contributed by atoms with Gasteiger partial charge in [0.1, 0.15) is 0 Å². The first-order chi connectivity index (χ1) is 11.1. The van der Waals surface area contributed by atoms with Crippen molar-refractivity contribution >= 4 is 0 Å². The molecule has 0 bridgehead atoms. The molecule has 0 aromatic heterocycles. The molecule has 1 N–H and O–H groups in total. The molecule has 1 fully saturated rings. The fraction of sp³-hybridized carbons (Fsp3) is 0.647. The lowest BCUT2D eigenvalue weighted by Gasteiger charge is -2.38. The lowest BCUT2D eigenvalue weighted by Crippen LogP contribution is -2.47. The monoisotopic (exact) mass is 323 g/mol. The zero-order valence-electron chi connectivity index (χ0n) is 14.9. The summed E-state index contributed by atoms with van der Waals surface area (Å²) < 4.78 is 16.4. The number of nitrogens with one attached hydrogen (secondary N) is 1. The summed E-state index contributed by atoms with van der Waals surface area (Å²) in [7, 11) is 9.10. The van der Waals surface area contributed by atoms with Crippen LogP contribution in [0.5, 0.6) is 17.2 Å². The molecule has 6 heteroatoms. The van der Waals surface area contributed by atoms with Gasteiger partial charge in [0.2, 0.25) is 5.75 Å². The zero-order valence-corrected chi connectivity index (χ0v) is 14.9. The summed E-state index contributed by atoms with van der Waals surface area (Å²) in [6.45, 7) is 5.16. The van der Waals surface area contributed by atoms with Gasteiger partial charge < -0.3 is 24.4 Å². The van der Waals surface area contributed by atoms with Crippen molar-refractivity contribution in [2.24, 2.45) is 0 Å². The van der Waals surface area contributed by atoms with E-state index in [0.29, 0.717) is 17.2 Å². The van der Waals surface area contributed by atoms with Gasteiger partial charge in [-0.3, -0.25) is 4.90 Å². The van der Waals surface area contributed by atoms with Gasteiger partial charge in [0.05, 0.1) is 21.3 Å². The van der Waals surface area contributed by atoms with Crippen LogP contribution in [0.25, 0.3) is 0 Å². The Bertz CT molecular complexity index is 477. The van der Waals surface area contributed by atoms with Gasteiger partial charge in [0.15, 0.2) is 11.5 Å². The maximum absolute atomic E-state index is 5.50. The molecule has 1 aliphatic heterocycles. The van der Waals surface area contributed by atoms with E-state index < -0.39 is 0 Å². The Labute approximate surface area is 139 Å². The first-order valence-corrected chi connectivity index (χ1v) is 8.01. The number of hydrogen-bond acceptors (Lipinski definition) is 6. The molecular weight excluding hydrogens is 294 g/mol. The lowest BCUT2D eigenvalue weighted by atomic mass is 10.0. The van der Waals surface area contributed by atoms with Crippen LogP contribution in [0.2, 0.25) is 0 Å². The lowest BCUT2D eigenvalue weighted by molar-refractivity contribution is 0.111. The quantitative estimate of drug-likeness (QED) is 0.814. The average Bonchev–Trinajstić information content (AvgIpc) is 2.59. The van der Waals surface area contributed by atoms with Gasteiger partial charge in [0.25, 0.3) is 0 Å². The van der Waals surface area contributed by atoms with Crippen LogP contribution >= 0.6 is 0 Å². The summed E-state index contributed by atoms with van der Waals surface area (Å²) >= 11 is 0. The van der Waals surface area contributed by atoms with Gasteiger partial charge in [0, 0.05) is 38.8 Å². The molecule has 23 heavy (non-hydrogen) atoms. The third-order valence-corrected chi connectivity index (χ3v) is 4.45. The molecule has 1 saturated heterocycles. The van der Waals surface area contributed by atoms with Crippen molar-refractivity contribution in [2.75, 3.05) is 68.1 Å². The molecule has 6 nitrogen and oxygen atoms in total. The highest BCUT2D eigenvalue weighted by molar-refractivity contribution is 5.54. The van der Waals surface area contributed by atoms with Gasteiger partial charge in [-0.05, 0) is 31.8 Å². The smallest absolute Gasteiger partial charge is 0.203 e. The van der Waals surface area contributed by atoms with E-state index in [0.717, 1.165) is 32.7 Å². The summed E-state index contributed by atoms with van der Waals surface area (Å²) in [6, 6.07) is 4.39. The number of ether oxygens (including phenoxy) is 3. The number of benzene rings is 1. The zero-order chi connectivity index (χ0) is 16.8. The Morgan fingerprint density at radius 2 is 1.57 bits per heavy atom. The van der Waals surface area contributed by atoms with E-state index in [2.05, 4.69) is 34.3 Å². The third-order valence-electron chi connectivity index (χ3n) is 4.45. The first kappa shape index (κ1) is 17.8. The van der Waals surface area contributed by atoms with Crippen LogP contribution in [0.1, 0.15) is 11.6 Å². The molecule has 1 aromatic carbocycles. The van der Waals surface area contributed by atoms with Crippen molar-refractivity contribution in [3.63, 3.8) is 0 Å². The molecule has 0 spiro atoms. The Balaban J connectivity index is 2.34. The standard InChI is InChI=1S/C17H29N3O3/c1-18-12-14(20-8-6-19(2)7-9-20)13-10-15(21-3)17(23-5)16(11-13)22-4/h10-11,14,18H,6-9,12H2,1-5H3. The van der Waals surface area contributed by atoms with Crippen LogP contribution in [0, 0.1) is 0 Å². The van der Waals surface area contributed by atoms with Gasteiger partial charge in [-0.15, -0.1) is 0 Å². The Morgan fingerprint density at radius 1 is 1.00 bits per heavy atom. The molecular formula is C17H29N3O3. The fourth-order valence-electron chi connectivity index (χ4n) is 3.08. The summed E-state index contributed by atoms with van der Waals surface area (Å²) in [6.07, 6.45) is 0. The molecule has 0 radical (unpaired) electrons. The van der Waals surface area contributed by atoms with Gasteiger partial charge in [-0.2, -0.15) is 0 Å². The molecule has 130 valence electrons. The van der Waals surface area contributed by atoms with E-state index >= 15 is 0 Å². The SMILES string of the molecule is CNCC(c1cc(OC)c(OC)c(OC)c1)N1CCN(C)CC1. The Kier molecular flexibility index (Phi) is 6.50. The summed E-state index contributed by atoms with van der Waals surface area (Å²) in [5.74, 6) is 2.05. The maximum atomic E-state index is 5.50.